The predicted octanol–water partition coefficient (Wildman–Crippen LogP) is 0.851. The summed E-state index contributed by atoms with van der Waals surface area (Å²) in [5.41, 5.74) is 0.548. The summed E-state index contributed by atoms with van der Waals surface area (Å²) in [7, 11) is 1.63. The van der Waals surface area contributed by atoms with E-state index >= 15 is 0 Å². The van der Waals surface area contributed by atoms with Gasteiger partial charge in [-0.2, -0.15) is 0 Å². The highest BCUT2D eigenvalue weighted by Crippen LogP contribution is 2.14. The fraction of sp³-hybridized carbons (Fsp3) is 0.333. The Morgan fingerprint density at radius 1 is 1.50 bits per heavy atom. The van der Waals surface area contributed by atoms with Gasteiger partial charge in [0.2, 0.25) is 5.91 Å². The quantitative estimate of drug-likeness (QED) is 0.817. The number of hydrogen-bond acceptors (Lipinski definition) is 3. The standard InChI is InChI=1S/C12H15FN2O3/c1-8(16)14-11(12(17)18)7-15(2)10-5-3-4-9(13)6-10/h3-6,11H,7H2,1-2H3,(H,14,16)(H,17,18). The lowest BCUT2D eigenvalue weighted by atomic mass is 10.2. The van der Waals surface area contributed by atoms with E-state index in [1.165, 1.54) is 25.1 Å². The van der Waals surface area contributed by atoms with Gasteiger partial charge in [-0.25, -0.2) is 9.18 Å². The van der Waals surface area contributed by atoms with Gasteiger partial charge < -0.3 is 15.3 Å². The molecule has 2 N–H and O–H groups in total. The van der Waals surface area contributed by atoms with Crippen LogP contribution in [0.3, 0.4) is 0 Å². The first-order valence-corrected chi connectivity index (χ1v) is 5.36. The number of likely N-dealkylation sites (N-methyl/N-ethyl adjacent to an activating group) is 1. The Bertz CT molecular complexity index is 451. The monoisotopic (exact) mass is 254 g/mol. The van der Waals surface area contributed by atoms with E-state index < -0.39 is 23.7 Å². The molecule has 0 aliphatic rings. The number of rotatable bonds is 5. The summed E-state index contributed by atoms with van der Waals surface area (Å²) in [5, 5.41) is 11.3. The Morgan fingerprint density at radius 2 is 2.17 bits per heavy atom. The van der Waals surface area contributed by atoms with E-state index in [2.05, 4.69) is 5.32 Å². The molecule has 0 radical (unpaired) electrons. The molecule has 0 aliphatic heterocycles. The molecule has 1 unspecified atom stereocenters. The fourth-order valence-electron chi connectivity index (χ4n) is 1.52. The van der Waals surface area contributed by atoms with E-state index in [1.54, 1.807) is 18.0 Å². The normalized spacial score (nSPS) is 11.7. The smallest absolute Gasteiger partial charge is 0.328 e. The number of carbonyl (C=O) groups excluding carboxylic acids is 1. The Kier molecular flexibility index (Phi) is 4.65. The Morgan fingerprint density at radius 3 is 2.67 bits per heavy atom. The number of nitrogens with zero attached hydrogens (tertiary/aromatic N) is 1. The SMILES string of the molecule is CC(=O)NC(CN(C)c1cccc(F)c1)C(=O)O. The summed E-state index contributed by atoms with van der Waals surface area (Å²) in [6.45, 7) is 1.30. The van der Waals surface area contributed by atoms with Crippen LogP contribution in [0.2, 0.25) is 0 Å². The van der Waals surface area contributed by atoms with Crippen molar-refractivity contribution in [3.05, 3.63) is 30.1 Å². The molecule has 0 aliphatic carbocycles. The van der Waals surface area contributed by atoms with Crippen LogP contribution in [0.4, 0.5) is 10.1 Å². The fourth-order valence-corrected chi connectivity index (χ4v) is 1.52. The summed E-state index contributed by atoms with van der Waals surface area (Å²) in [4.78, 5) is 23.4. The predicted molar refractivity (Wildman–Crippen MR) is 64.9 cm³/mol. The van der Waals surface area contributed by atoms with Gasteiger partial charge in [-0.15, -0.1) is 0 Å². The number of carboxylic acid groups (broad SMARTS) is 1. The maximum Gasteiger partial charge on any atom is 0.328 e. The molecule has 18 heavy (non-hydrogen) atoms. The van der Waals surface area contributed by atoms with Gasteiger partial charge in [0.25, 0.3) is 0 Å². The van der Waals surface area contributed by atoms with Gasteiger partial charge in [0.15, 0.2) is 0 Å². The van der Waals surface area contributed by atoms with Crippen LogP contribution in [-0.4, -0.2) is 36.6 Å². The summed E-state index contributed by atoms with van der Waals surface area (Å²) >= 11 is 0. The number of nitrogens with one attached hydrogen (secondary N) is 1. The summed E-state index contributed by atoms with van der Waals surface area (Å²) < 4.78 is 13.0. The number of carboxylic acids is 1. The zero-order valence-corrected chi connectivity index (χ0v) is 10.2. The molecule has 1 amide bonds. The van der Waals surface area contributed by atoms with E-state index in [0.29, 0.717) is 5.69 Å². The van der Waals surface area contributed by atoms with E-state index in [1.807, 2.05) is 0 Å². The third-order valence-electron chi connectivity index (χ3n) is 2.38. The maximum absolute atomic E-state index is 13.0. The lowest BCUT2D eigenvalue weighted by molar-refractivity contribution is -0.141. The molecule has 1 aromatic rings. The minimum atomic E-state index is -1.13. The van der Waals surface area contributed by atoms with E-state index in [-0.39, 0.29) is 6.54 Å². The van der Waals surface area contributed by atoms with Crippen molar-refractivity contribution in [2.24, 2.45) is 0 Å². The second kappa shape index (κ2) is 6.00. The van der Waals surface area contributed by atoms with Gasteiger partial charge in [0.05, 0.1) is 0 Å². The first-order chi connectivity index (χ1) is 8.40. The van der Waals surface area contributed by atoms with Crippen molar-refractivity contribution in [2.45, 2.75) is 13.0 Å². The third kappa shape index (κ3) is 4.04. The highest BCUT2D eigenvalue weighted by Gasteiger charge is 2.20. The highest BCUT2D eigenvalue weighted by molar-refractivity contribution is 5.82. The largest absolute Gasteiger partial charge is 0.480 e. The molecule has 1 rings (SSSR count). The van der Waals surface area contributed by atoms with Gasteiger partial charge in [0, 0.05) is 26.2 Å². The van der Waals surface area contributed by atoms with Crippen LogP contribution in [-0.2, 0) is 9.59 Å². The second-order valence-electron chi connectivity index (χ2n) is 3.95. The molecule has 0 fully saturated rings. The van der Waals surface area contributed by atoms with Crippen LogP contribution in [0.1, 0.15) is 6.92 Å². The van der Waals surface area contributed by atoms with Crippen LogP contribution < -0.4 is 10.2 Å². The van der Waals surface area contributed by atoms with Crippen molar-refractivity contribution < 1.29 is 19.1 Å². The lowest BCUT2D eigenvalue weighted by Gasteiger charge is -2.23. The third-order valence-corrected chi connectivity index (χ3v) is 2.38. The van der Waals surface area contributed by atoms with Crippen molar-refractivity contribution in [1.29, 1.82) is 0 Å². The van der Waals surface area contributed by atoms with Crippen LogP contribution in [0, 0.1) is 5.82 Å². The van der Waals surface area contributed by atoms with Crippen molar-refractivity contribution in [3.8, 4) is 0 Å². The zero-order chi connectivity index (χ0) is 13.7. The van der Waals surface area contributed by atoms with Gasteiger partial charge in [0.1, 0.15) is 11.9 Å². The molecular weight excluding hydrogens is 239 g/mol. The molecule has 0 heterocycles. The molecule has 98 valence electrons. The van der Waals surface area contributed by atoms with Crippen LogP contribution in [0.5, 0.6) is 0 Å². The van der Waals surface area contributed by atoms with E-state index in [9.17, 15) is 14.0 Å². The molecule has 6 heteroatoms. The first-order valence-electron chi connectivity index (χ1n) is 5.36. The second-order valence-corrected chi connectivity index (χ2v) is 3.95. The molecule has 0 spiro atoms. The van der Waals surface area contributed by atoms with Gasteiger partial charge in [-0.05, 0) is 18.2 Å². The van der Waals surface area contributed by atoms with Crippen LogP contribution in [0.15, 0.2) is 24.3 Å². The number of hydrogen-bond donors (Lipinski definition) is 2. The molecule has 1 atom stereocenters. The molecule has 0 aromatic heterocycles. The topological polar surface area (TPSA) is 69.6 Å². The lowest BCUT2D eigenvalue weighted by Crippen LogP contribution is -2.47. The molecular formula is C12H15FN2O3. The van der Waals surface area contributed by atoms with Crippen molar-refractivity contribution >= 4 is 17.6 Å². The van der Waals surface area contributed by atoms with E-state index in [4.69, 9.17) is 5.11 Å². The van der Waals surface area contributed by atoms with Crippen LogP contribution >= 0.6 is 0 Å². The number of halogens is 1. The minimum absolute atomic E-state index is 0.0539. The van der Waals surface area contributed by atoms with Crippen molar-refractivity contribution in [1.82, 2.24) is 5.32 Å². The zero-order valence-electron chi connectivity index (χ0n) is 10.2. The average Bonchev–Trinajstić information content (AvgIpc) is 2.27. The van der Waals surface area contributed by atoms with Gasteiger partial charge in [-0.1, -0.05) is 6.07 Å². The molecule has 5 nitrogen and oxygen atoms in total. The molecule has 0 saturated heterocycles. The highest BCUT2D eigenvalue weighted by atomic mass is 19.1. The van der Waals surface area contributed by atoms with Crippen molar-refractivity contribution in [3.63, 3.8) is 0 Å². The number of benzene rings is 1. The molecule has 0 saturated carbocycles. The summed E-state index contributed by atoms with van der Waals surface area (Å²) in [6.07, 6.45) is 0. The number of anilines is 1. The minimum Gasteiger partial charge on any atom is -0.480 e. The summed E-state index contributed by atoms with van der Waals surface area (Å²) in [5.74, 6) is -1.95. The number of aliphatic carboxylic acids is 1. The average molecular weight is 254 g/mol. The van der Waals surface area contributed by atoms with Crippen LogP contribution in [0.25, 0.3) is 0 Å². The van der Waals surface area contributed by atoms with Crippen molar-refractivity contribution in [2.75, 3.05) is 18.5 Å². The van der Waals surface area contributed by atoms with Gasteiger partial charge >= 0.3 is 5.97 Å². The Labute approximate surface area is 104 Å². The molecule has 1 aromatic carbocycles. The van der Waals surface area contributed by atoms with E-state index in [0.717, 1.165) is 0 Å². The maximum atomic E-state index is 13.0. The first kappa shape index (κ1) is 14.0. The number of amides is 1. The summed E-state index contributed by atoms with van der Waals surface area (Å²) in [6, 6.07) is 4.77. The Balaban J connectivity index is 2.75. The number of carbonyl (C=O) groups is 2. The molecule has 0 bridgehead atoms. The Hall–Kier alpha value is -2.11. The van der Waals surface area contributed by atoms with Gasteiger partial charge in [-0.3, -0.25) is 4.79 Å².